The van der Waals surface area contributed by atoms with E-state index < -0.39 is 0 Å². The summed E-state index contributed by atoms with van der Waals surface area (Å²) in [5.41, 5.74) is 2.21. The van der Waals surface area contributed by atoms with Gasteiger partial charge in [0, 0.05) is 0 Å². The molecule has 0 aromatic carbocycles. The van der Waals surface area contributed by atoms with E-state index in [1.165, 1.54) is 25.7 Å². The Balaban J connectivity index is 2.27. The van der Waals surface area contributed by atoms with Crippen molar-refractivity contribution in [3.8, 4) is 0 Å². The minimum atomic E-state index is 0.523. The van der Waals surface area contributed by atoms with Gasteiger partial charge >= 0.3 is 0 Å². The minimum Gasteiger partial charge on any atom is -0.0882 e. The van der Waals surface area contributed by atoms with Gasteiger partial charge in [-0.05, 0) is 42.9 Å². The van der Waals surface area contributed by atoms with Gasteiger partial charge in [0.05, 0.1) is 0 Å². The largest absolute Gasteiger partial charge is 0.0882 e. The lowest BCUT2D eigenvalue weighted by Crippen LogP contribution is -2.34. The third-order valence-electron chi connectivity index (χ3n) is 4.07. The van der Waals surface area contributed by atoms with Crippen LogP contribution >= 0.6 is 0 Å². The molecule has 0 bridgehead atoms. The first kappa shape index (κ1) is 10.0. The van der Waals surface area contributed by atoms with Crippen molar-refractivity contribution < 1.29 is 0 Å². The highest BCUT2D eigenvalue weighted by Crippen LogP contribution is 2.48. The molecule has 0 aromatic heterocycles. The molecular weight excluding hydrogens is 168 g/mol. The van der Waals surface area contributed by atoms with Gasteiger partial charge in [0.1, 0.15) is 0 Å². The molecule has 0 heterocycles. The molecule has 14 heavy (non-hydrogen) atoms. The third-order valence-corrected chi connectivity index (χ3v) is 4.07. The molecule has 2 aliphatic carbocycles. The average molecular weight is 190 g/mol. The number of rotatable bonds is 1. The van der Waals surface area contributed by atoms with Crippen molar-refractivity contribution >= 4 is 0 Å². The maximum absolute atomic E-state index is 2.57. The minimum absolute atomic E-state index is 0.523. The summed E-state index contributed by atoms with van der Waals surface area (Å²) in [6.07, 6.45) is 12.5. The Morgan fingerprint density at radius 3 is 2.71 bits per heavy atom. The topological polar surface area (TPSA) is 0 Å². The van der Waals surface area contributed by atoms with Gasteiger partial charge in [0.25, 0.3) is 0 Å². The van der Waals surface area contributed by atoms with Crippen LogP contribution in [-0.2, 0) is 0 Å². The van der Waals surface area contributed by atoms with Crippen LogP contribution in [0, 0.1) is 17.3 Å². The van der Waals surface area contributed by atoms with Crippen molar-refractivity contribution in [2.45, 2.75) is 46.5 Å². The summed E-state index contributed by atoms with van der Waals surface area (Å²) < 4.78 is 0. The van der Waals surface area contributed by atoms with E-state index in [1.54, 1.807) is 5.57 Å². The Morgan fingerprint density at radius 2 is 2.00 bits per heavy atom. The van der Waals surface area contributed by atoms with E-state index >= 15 is 0 Å². The molecule has 0 nitrogen and oxygen atoms in total. The van der Waals surface area contributed by atoms with Crippen LogP contribution in [-0.4, -0.2) is 0 Å². The third kappa shape index (κ3) is 1.67. The van der Waals surface area contributed by atoms with Crippen LogP contribution in [0.15, 0.2) is 23.8 Å². The molecule has 78 valence electrons. The molecule has 0 aliphatic heterocycles. The second kappa shape index (κ2) is 3.56. The Morgan fingerprint density at radius 1 is 1.29 bits per heavy atom. The fourth-order valence-corrected chi connectivity index (χ4v) is 3.24. The Labute approximate surface area is 88.1 Å². The van der Waals surface area contributed by atoms with Gasteiger partial charge in [-0.15, -0.1) is 0 Å². The zero-order chi connectivity index (χ0) is 10.2. The Kier molecular flexibility index (Phi) is 2.55. The van der Waals surface area contributed by atoms with Gasteiger partial charge in [-0.3, -0.25) is 0 Å². The van der Waals surface area contributed by atoms with Crippen LogP contribution in [0.2, 0.25) is 0 Å². The van der Waals surface area contributed by atoms with E-state index in [4.69, 9.17) is 0 Å². The van der Waals surface area contributed by atoms with Crippen molar-refractivity contribution in [1.82, 2.24) is 0 Å². The molecule has 0 saturated heterocycles. The first-order valence-electron chi connectivity index (χ1n) is 5.98. The lowest BCUT2D eigenvalue weighted by molar-refractivity contribution is 0.141. The van der Waals surface area contributed by atoms with E-state index in [1.807, 2.05) is 0 Å². The SMILES string of the molecule is CCC1=CC2CC=CCC2C(C)(C)C1. The molecule has 0 amide bonds. The average Bonchev–Trinajstić information content (AvgIpc) is 2.17. The lowest BCUT2D eigenvalue weighted by atomic mass is 9.61. The smallest absolute Gasteiger partial charge is 0.0160 e. The Bertz CT molecular complexity index is 268. The van der Waals surface area contributed by atoms with Crippen molar-refractivity contribution in [2.75, 3.05) is 0 Å². The van der Waals surface area contributed by atoms with E-state index in [0.717, 1.165) is 11.8 Å². The molecular formula is C14H22. The number of hydrogen-bond acceptors (Lipinski definition) is 0. The number of fused-ring (bicyclic) bond motifs is 1. The van der Waals surface area contributed by atoms with Gasteiger partial charge in [-0.1, -0.05) is 44.6 Å². The summed E-state index contributed by atoms with van der Waals surface area (Å²) in [4.78, 5) is 0. The first-order valence-corrected chi connectivity index (χ1v) is 5.98. The molecule has 0 saturated carbocycles. The van der Waals surface area contributed by atoms with Gasteiger partial charge in [-0.25, -0.2) is 0 Å². The van der Waals surface area contributed by atoms with Crippen LogP contribution in [0.25, 0.3) is 0 Å². The summed E-state index contributed by atoms with van der Waals surface area (Å²) in [6.45, 7) is 7.19. The first-order chi connectivity index (χ1) is 6.63. The van der Waals surface area contributed by atoms with Crippen molar-refractivity contribution in [2.24, 2.45) is 17.3 Å². The van der Waals surface area contributed by atoms with Gasteiger partial charge in [0.2, 0.25) is 0 Å². The van der Waals surface area contributed by atoms with Crippen LogP contribution in [0.5, 0.6) is 0 Å². The predicted molar refractivity (Wildman–Crippen MR) is 62.1 cm³/mol. The van der Waals surface area contributed by atoms with Crippen LogP contribution in [0.1, 0.15) is 46.5 Å². The zero-order valence-corrected chi connectivity index (χ0v) is 9.72. The van der Waals surface area contributed by atoms with Crippen LogP contribution in [0.4, 0.5) is 0 Å². The molecule has 2 atom stereocenters. The van der Waals surface area contributed by atoms with Crippen molar-refractivity contribution in [3.05, 3.63) is 23.8 Å². The Hall–Kier alpha value is -0.520. The van der Waals surface area contributed by atoms with Crippen molar-refractivity contribution in [1.29, 1.82) is 0 Å². The highest BCUT2D eigenvalue weighted by atomic mass is 14.4. The van der Waals surface area contributed by atoms with Gasteiger partial charge in [0.15, 0.2) is 0 Å². The fraction of sp³-hybridized carbons (Fsp3) is 0.714. The normalized spacial score (nSPS) is 34.9. The second-order valence-electron chi connectivity index (χ2n) is 5.56. The molecule has 0 aromatic rings. The van der Waals surface area contributed by atoms with Crippen molar-refractivity contribution in [3.63, 3.8) is 0 Å². The summed E-state index contributed by atoms with van der Waals surface area (Å²) in [5, 5.41) is 0. The predicted octanol–water partition coefficient (Wildman–Crippen LogP) is 4.34. The van der Waals surface area contributed by atoms with E-state index in [2.05, 4.69) is 39.0 Å². The van der Waals surface area contributed by atoms with E-state index in [0.29, 0.717) is 5.41 Å². The molecule has 0 N–H and O–H groups in total. The molecule has 0 fully saturated rings. The number of allylic oxidation sites excluding steroid dienone is 4. The maximum Gasteiger partial charge on any atom is -0.0160 e. The molecule has 0 spiro atoms. The quantitative estimate of drug-likeness (QED) is 0.540. The number of hydrogen-bond donors (Lipinski definition) is 0. The summed E-state index contributed by atoms with van der Waals surface area (Å²) in [5.74, 6) is 1.72. The highest BCUT2D eigenvalue weighted by Gasteiger charge is 2.38. The van der Waals surface area contributed by atoms with E-state index in [-0.39, 0.29) is 0 Å². The molecule has 0 radical (unpaired) electrons. The molecule has 0 heteroatoms. The fourth-order valence-electron chi connectivity index (χ4n) is 3.24. The van der Waals surface area contributed by atoms with E-state index in [9.17, 15) is 0 Å². The maximum atomic E-state index is 2.57. The molecule has 2 aliphatic rings. The molecule has 2 unspecified atom stereocenters. The van der Waals surface area contributed by atoms with Gasteiger partial charge < -0.3 is 0 Å². The zero-order valence-electron chi connectivity index (χ0n) is 9.72. The standard InChI is InChI=1S/C14H22/c1-4-11-9-12-7-5-6-8-13(12)14(2,3)10-11/h5-6,9,12-13H,4,7-8,10H2,1-3H3. The van der Waals surface area contributed by atoms with Gasteiger partial charge in [-0.2, -0.15) is 0 Å². The summed E-state index contributed by atoms with van der Waals surface area (Å²) in [7, 11) is 0. The lowest BCUT2D eigenvalue weighted by Gasteiger charge is -2.44. The van der Waals surface area contributed by atoms with Crippen LogP contribution < -0.4 is 0 Å². The second-order valence-corrected chi connectivity index (χ2v) is 5.56. The summed E-state index contributed by atoms with van der Waals surface area (Å²) >= 11 is 0. The molecule has 2 rings (SSSR count). The monoisotopic (exact) mass is 190 g/mol. The highest BCUT2D eigenvalue weighted by molar-refractivity contribution is 5.17. The summed E-state index contributed by atoms with van der Waals surface area (Å²) in [6, 6.07) is 0. The van der Waals surface area contributed by atoms with Crippen LogP contribution in [0.3, 0.4) is 0 Å².